The Morgan fingerprint density at radius 3 is 2.72 bits per heavy atom. The molecular formula is C13H19NO3S. The van der Waals surface area contributed by atoms with Crippen molar-refractivity contribution in [3.63, 3.8) is 0 Å². The number of rotatable bonds is 6. The second-order valence-electron chi connectivity index (χ2n) is 4.58. The van der Waals surface area contributed by atoms with Crippen molar-refractivity contribution in [2.45, 2.75) is 20.3 Å². The van der Waals surface area contributed by atoms with Gasteiger partial charge in [-0.15, -0.1) is 11.3 Å². The summed E-state index contributed by atoms with van der Waals surface area (Å²) in [7, 11) is 1.62. The Kier molecular flexibility index (Phi) is 5.85. The second kappa shape index (κ2) is 7.16. The minimum atomic E-state index is -0.356. The minimum Gasteiger partial charge on any atom is -0.464 e. The van der Waals surface area contributed by atoms with Crippen LogP contribution in [0.3, 0.4) is 0 Å². The van der Waals surface area contributed by atoms with Gasteiger partial charge in [-0.2, -0.15) is 0 Å². The summed E-state index contributed by atoms with van der Waals surface area (Å²) in [5.74, 6) is -0.120. The third-order valence-electron chi connectivity index (χ3n) is 2.28. The Morgan fingerprint density at radius 1 is 1.44 bits per heavy atom. The van der Waals surface area contributed by atoms with Crippen molar-refractivity contribution in [3.05, 3.63) is 22.4 Å². The maximum absolute atomic E-state index is 11.8. The second-order valence-corrected chi connectivity index (χ2v) is 5.62. The van der Waals surface area contributed by atoms with Gasteiger partial charge in [-0.05, 0) is 17.4 Å². The largest absolute Gasteiger partial charge is 0.464 e. The Bertz CT molecular complexity index is 387. The molecule has 1 aromatic rings. The molecule has 1 amide bonds. The first-order valence-corrected chi connectivity index (χ1v) is 6.79. The number of carbonyl (C=O) groups excluding carboxylic acids is 2. The molecule has 5 heteroatoms. The van der Waals surface area contributed by atoms with Crippen LogP contribution in [0.5, 0.6) is 0 Å². The molecule has 0 aliphatic heterocycles. The molecule has 0 fully saturated rings. The summed E-state index contributed by atoms with van der Waals surface area (Å²) >= 11 is 1.54. The van der Waals surface area contributed by atoms with Crippen molar-refractivity contribution in [1.82, 2.24) is 4.90 Å². The molecule has 1 aromatic heterocycles. The van der Waals surface area contributed by atoms with Crippen molar-refractivity contribution in [2.24, 2.45) is 5.92 Å². The molecule has 0 spiro atoms. The fourth-order valence-electron chi connectivity index (χ4n) is 1.28. The Labute approximate surface area is 112 Å². The van der Waals surface area contributed by atoms with Crippen LogP contribution in [-0.4, -0.2) is 37.0 Å². The van der Waals surface area contributed by atoms with Gasteiger partial charge in [-0.1, -0.05) is 19.9 Å². The van der Waals surface area contributed by atoms with Gasteiger partial charge in [0.1, 0.15) is 6.54 Å². The normalized spacial score (nSPS) is 10.4. The molecule has 0 aliphatic carbocycles. The van der Waals surface area contributed by atoms with Gasteiger partial charge in [0.2, 0.25) is 5.91 Å². The molecule has 0 unspecified atom stereocenters. The molecule has 4 nitrogen and oxygen atoms in total. The number of ether oxygens (including phenoxy) is 1. The molecule has 1 heterocycles. The van der Waals surface area contributed by atoms with Crippen molar-refractivity contribution >= 4 is 23.2 Å². The first kappa shape index (κ1) is 14.7. The van der Waals surface area contributed by atoms with Gasteiger partial charge in [0, 0.05) is 11.9 Å². The van der Waals surface area contributed by atoms with Crippen LogP contribution in [0, 0.1) is 5.92 Å². The van der Waals surface area contributed by atoms with Crippen molar-refractivity contribution < 1.29 is 14.3 Å². The molecule has 0 aromatic carbocycles. The molecule has 0 atom stereocenters. The van der Waals surface area contributed by atoms with Crippen LogP contribution < -0.4 is 0 Å². The number of hydrogen-bond donors (Lipinski definition) is 0. The van der Waals surface area contributed by atoms with E-state index in [2.05, 4.69) is 0 Å². The van der Waals surface area contributed by atoms with Gasteiger partial charge in [0.25, 0.3) is 0 Å². The van der Waals surface area contributed by atoms with E-state index in [0.29, 0.717) is 18.9 Å². The minimum absolute atomic E-state index is 0.0108. The number of nitrogens with zero attached hydrogens (tertiary/aromatic N) is 1. The lowest BCUT2D eigenvalue weighted by Gasteiger charge is -2.16. The van der Waals surface area contributed by atoms with Gasteiger partial charge >= 0.3 is 5.97 Å². The monoisotopic (exact) mass is 269 g/mol. The highest BCUT2D eigenvalue weighted by molar-refractivity contribution is 7.10. The fraction of sp³-hybridized carbons (Fsp3) is 0.538. The van der Waals surface area contributed by atoms with Gasteiger partial charge in [0.05, 0.1) is 13.0 Å². The Morgan fingerprint density at radius 2 is 2.17 bits per heavy atom. The average molecular weight is 269 g/mol. The lowest BCUT2D eigenvalue weighted by molar-refractivity contribution is -0.149. The number of hydrogen-bond acceptors (Lipinski definition) is 4. The molecule has 0 saturated heterocycles. The first-order chi connectivity index (χ1) is 8.49. The Hall–Kier alpha value is -1.36. The maximum Gasteiger partial charge on any atom is 0.325 e. The third-order valence-corrected chi connectivity index (χ3v) is 3.15. The van der Waals surface area contributed by atoms with E-state index in [1.54, 1.807) is 7.05 Å². The smallest absolute Gasteiger partial charge is 0.325 e. The van der Waals surface area contributed by atoms with Gasteiger partial charge < -0.3 is 9.64 Å². The zero-order valence-corrected chi connectivity index (χ0v) is 11.8. The molecule has 0 aliphatic rings. The highest BCUT2D eigenvalue weighted by Crippen LogP contribution is 2.10. The quantitative estimate of drug-likeness (QED) is 0.742. The topological polar surface area (TPSA) is 46.6 Å². The number of likely N-dealkylation sites (N-methyl/N-ethyl adjacent to an activating group) is 1. The van der Waals surface area contributed by atoms with Crippen LogP contribution in [0.25, 0.3) is 0 Å². The lowest BCUT2D eigenvalue weighted by atomic mass is 10.2. The molecule has 0 N–H and O–H groups in total. The van der Waals surface area contributed by atoms with E-state index in [0.717, 1.165) is 4.88 Å². The number of esters is 1. The van der Waals surface area contributed by atoms with Crippen LogP contribution in [0.1, 0.15) is 18.7 Å². The zero-order chi connectivity index (χ0) is 13.5. The predicted molar refractivity (Wildman–Crippen MR) is 71.5 cm³/mol. The zero-order valence-electron chi connectivity index (χ0n) is 11.0. The van der Waals surface area contributed by atoms with Gasteiger partial charge in [0.15, 0.2) is 0 Å². The average Bonchev–Trinajstić information content (AvgIpc) is 2.79. The summed E-state index contributed by atoms with van der Waals surface area (Å²) in [4.78, 5) is 25.7. The van der Waals surface area contributed by atoms with E-state index in [1.807, 2.05) is 31.4 Å². The standard InChI is InChI=1S/C13H19NO3S/c1-10(2)9-17-13(16)8-14(3)12(15)7-11-5-4-6-18-11/h4-6,10H,7-9H2,1-3H3. The van der Waals surface area contributed by atoms with Gasteiger partial charge in [-0.25, -0.2) is 0 Å². The molecule has 1 rings (SSSR count). The summed E-state index contributed by atoms with van der Waals surface area (Å²) in [5, 5.41) is 1.93. The molecule has 0 radical (unpaired) electrons. The van der Waals surface area contributed by atoms with Crippen molar-refractivity contribution in [1.29, 1.82) is 0 Å². The molecule has 0 bridgehead atoms. The number of thiophene rings is 1. The third kappa shape index (κ3) is 5.31. The molecule has 100 valence electrons. The highest BCUT2D eigenvalue weighted by Gasteiger charge is 2.14. The first-order valence-electron chi connectivity index (χ1n) is 5.91. The summed E-state index contributed by atoms with van der Waals surface area (Å²) in [6.07, 6.45) is 0.339. The lowest BCUT2D eigenvalue weighted by Crippen LogP contribution is -2.34. The maximum atomic E-state index is 11.8. The molecule has 18 heavy (non-hydrogen) atoms. The van der Waals surface area contributed by atoms with Crippen molar-refractivity contribution in [2.75, 3.05) is 20.2 Å². The summed E-state index contributed by atoms with van der Waals surface area (Å²) in [6.45, 7) is 4.35. The fourth-order valence-corrected chi connectivity index (χ4v) is 1.98. The van der Waals surface area contributed by atoms with E-state index in [4.69, 9.17) is 4.74 Å². The van der Waals surface area contributed by atoms with Crippen molar-refractivity contribution in [3.8, 4) is 0 Å². The summed E-state index contributed by atoms with van der Waals surface area (Å²) in [6, 6.07) is 3.82. The van der Waals surface area contributed by atoms with E-state index in [-0.39, 0.29) is 18.4 Å². The van der Waals surface area contributed by atoms with Crippen LogP contribution in [0.15, 0.2) is 17.5 Å². The number of amides is 1. The van der Waals surface area contributed by atoms with Crippen LogP contribution in [0.4, 0.5) is 0 Å². The summed E-state index contributed by atoms with van der Waals surface area (Å²) < 4.78 is 5.03. The van der Waals surface area contributed by atoms with E-state index < -0.39 is 0 Å². The van der Waals surface area contributed by atoms with E-state index in [9.17, 15) is 9.59 Å². The predicted octanol–water partition coefficient (Wildman–Crippen LogP) is 1.95. The van der Waals surface area contributed by atoms with Crippen LogP contribution >= 0.6 is 11.3 Å². The van der Waals surface area contributed by atoms with E-state index in [1.165, 1.54) is 16.2 Å². The number of carbonyl (C=O) groups is 2. The highest BCUT2D eigenvalue weighted by atomic mass is 32.1. The SMILES string of the molecule is CC(C)COC(=O)CN(C)C(=O)Cc1cccs1. The van der Waals surface area contributed by atoms with Crippen LogP contribution in [0.2, 0.25) is 0 Å². The molecule has 0 saturated carbocycles. The van der Waals surface area contributed by atoms with E-state index >= 15 is 0 Å². The Balaban J connectivity index is 2.33. The van der Waals surface area contributed by atoms with Crippen LogP contribution in [-0.2, 0) is 20.7 Å². The summed E-state index contributed by atoms with van der Waals surface area (Å²) in [5.41, 5.74) is 0. The molecular weight excluding hydrogens is 250 g/mol. The van der Waals surface area contributed by atoms with Gasteiger partial charge in [-0.3, -0.25) is 9.59 Å².